The normalized spacial score (nSPS) is 10.9. The highest BCUT2D eigenvalue weighted by Gasteiger charge is 2.10. The zero-order valence-corrected chi connectivity index (χ0v) is 11.8. The van der Waals surface area contributed by atoms with Gasteiger partial charge in [-0.15, -0.1) is 0 Å². The van der Waals surface area contributed by atoms with Gasteiger partial charge >= 0.3 is 0 Å². The number of furan rings is 1. The summed E-state index contributed by atoms with van der Waals surface area (Å²) in [6.07, 6.45) is 2.57. The largest absolute Gasteiger partial charge is 0.453 e. The first-order valence-electron chi connectivity index (χ1n) is 6.52. The smallest absolute Gasteiger partial charge is 0.154 e. The molecule has 102 valence electrons. The molecule has 1 N–H and O–H groups in total. The molecule has 0 saturated heterocycles. The van der Waals surface area contributed by atoms with Gasteiger partial charge in [-0.25, -0.2) is 9.97 Å². The van der Waals surface area contributed by atoms with Gasteiger partial charge in [0.2, 0.25) is 0 Å². The summed E-state index contributed by atoms with van der Waals surface area (Å²) < 4.78 is 5.79. The van der Waals surface area contributed by atoms with Crippen molar-refractivity contribution in [2.75, 3.05) is 11.9 Å². The second kappa shape index (κ2) is 5.51. The predicted octanol–water partition coefficient (Wildman–Crippen LogP) is 4.37. The highest BCUT2D eigenvalue weighted by atomic mass is 35.5. The molecule has 0 aliphatic heterocycles. The second-order valence-electron chi connectivity index (χ2n) is 4.48. The Balaban J connectivity index is 2.00. The monoisotopic (exact) mass is 287 g/mol. The minimum absolute atomic E-state index is 0.604. The zero-order chi connectivity index (χ0) is 13.9. The van der Waals surface area contributed by atoms with Gasteiger partial charge in [-0.1, -0.05) is 30.7 Å². The van der Waals surface area contributed by atoms with E-state index in [1.807, 2.05) is 30.3 Å². The van der Waals surface area contributed by atoms with Gasteiger partial charge in [-0.3, -0.25) is 0 Å². The Kier molecular flexibility index (Phi) is 3.56. The third-order valence-corrected chi connectivity index (χ3v) is 3.27. The van der Waals surface area contributed by atoms with Crippen molar-refractivity contribution < 1.29 is 4.42 Å². The summed E-state index contributed by atoms with van der Waals surface area (Å²) in [5.41, 5.74) is 1.43. The molecule has 3 rings (SSSR count). The predicted molar refractivity (Wildman–Crippen MR) is 81.0 cm³/mol. The van der Waals surface area contributed by atoms with Gasteiger partial charge in [0.25, 0.3) is 0 Å². The highest BCUT2D eigenvalue weighted by molar-refractivity contribution is 6.34. The van der Waals surface area contributed by atoms with Crippen molar-refractivity contribution in [3.8, 4) is 11.5 Å². The molecule has 0 bridgehead atoms. The number of benzene rings is 1. The molecule has 1 aromatic carbocycles. The van der Waals surface area contributed by atoms with Crippen LogP contribution in [0.3, 0.4) is 0 Å². The van der Waals surface area contributed by atoms with Crippen LogP contribution in [0.1, 0.15) is 13.3 Å². The van der Waals surface area contributed by atoms with Crippen molar-refractivity contribution in [2.45, 2.75) is 13.3 Å². The number of halogens is 1. The fourth-order valence-corrected chi connectivity index (χ4v) is 2.22. The number of rotatable bonds is 4. The van der Waals surface area contributed by atoms with E-state index in [0.29, 0.717) is 16.4 Å². The molecular weight excluding hydrogens is 274 g/mol. The van der Waals surface area contributed by atoms with Crippen molar-refractivity contribution in [1.29, 1.82) is 0 Å². The Morgan fingerprint density at radius 1 is 1.25 bits per heavy atom. The number of hydrogen-bond acceptors (Lipinski definition) is 4. The van der Waals surface area contributed by atoms with Gasteiger partial charge in [0.15, 0.2) is 11.3 Å². The van der Waals surface area contributed by atoms with E-state index >= 15 is 0 Å². The Morgan fingerprint density at radius 3 is 2.95 bits per heavy atom. The Bertz CT molecular complexity index is 739. The van der Waals surface area contributed by atoms with Crippen LogP contribution >= 0.6 is 11.6 Å². The SMILES string of the molecule is CCCNc1cc(-c2cc3cccc(Cl)c3o2)ncn1. The quantitative estimate of drug-likeness (QED) is 0.774. The van der Waals surface area contributed by atoms with E-state index in [0.717, 1.165) is 29.9 Å². The molecular formula is C15H14ClN3O. The topological polar surface area (TPSA) is 51.0 Å². The zero-order valence-electron chi connectivity index (χ0n) is 11.1. The van der Waals surface area contributed by atoms with E-state index in [9.17, 15) is 0 Å². The lowest BCUT2D eigenvalue weighted by atomic mass is 10.2. The highest BCUT2D eigenvalue weighted by Crippen LogP contribution is 2.31. The van der Waals surface area contributed by atoms with Gasteiger partial charge in [0.05, 0.1) is 5.02 Å². The average molecular weight is 288 g/mol. The second-order valence-corrected chi connectivity index (χ2v) is 4.89. The number of anilines is 1. The van der Waals surface area contributed by atoms with Gasteiger partial charge in [0.1, 0.15) is 17.8 Å². The molecule has 0 aliphatic carbocycles. The van der Waals surface area contributed by atoms with E-state index in [1.54, 1.807) is 0 Å². The van der Waals surface area contributed by atoms with Crippen LogP contribution in [0.25, 0.3) is 22.4 Å². The van der Waals surface area contributed by atoms with Crippen molar-refractivity contribution in [1.82, 2.24) is 9.97 Å². The van der Waals surface area contributed by atoms with Crippen LogP contribution in [0.4, 0.5) is 5.82 Å². The lowest BCUT2D eigenvalue weighted by Crippen LogP contribution is -2.02. The van der Waals surface area contributed by atoms with E-state index < -0.39 is 0 Å². The third kappa shape index (κ3) is 2.47. The Labute approximate surface area is 121 Å². The molecule has 5 heteroatoms. The fraction of sp³-hybridized carbons (Fsp3) is 0.200. The number of fused-ring (bicyclic) bond motifs is 1. The van der Waals surface area contributed by atoms with Crippen LogP contribution in [0.15, 0.2) is 41.1 Å². The molecule has 0 atom stereocenters. The summed E-state index contributed by atoms with van der Waals surface area (Å²) >= 11 is 6.12. The van der Waals surface area contributed by atoms with Crippen molar-refractivity contribution in [3.05, 3.63) is 41.7 Å². The minimum atomic E-state index is 0.604. The Morgan fingerprint density at radius 2 is 2.15 bits per heavy atom. The molecule has 0 saturated carbocycles. The molecule has 0 unspecified atom stereocenters. The van der Waals surface area contributed by atoms with Crippen LogP contribution in [-0.2, 0) is 0 Å². The summed E-state index contributed by atoms with van der Waals surface area (Å²) in [4.78, 5) is 8.44. The first-order valence-corrected chi connectivity index (χ1v) is 6.90. The lowest BCUT2D eigenvalue weighted by molar-refractivity contribution is 0.628. The lowest BCUT2D eigenvalue weighted by Gasteiger charge is -2.03. The van der Waals surface area contributed by atoms with Crippen LogP contribution in [-0.4, -0.2) is 16.5 Å². The molecule has 0 fully saturated rings. The molecule has 2 heterocycles. The van der Waals surface area contributed by atoms with Gasteiger partial charge in [-0.05, 0) is 18.6 Å². The number of nitrogens with one attached hydrogen (secondary N) is 1. The summed E-state index contributed by atoms with van der Waals surface area (Å²) in [5, 5.41) is 4.80. The summed E-state index contributed by atoms with van der Waals surface area (Å²) in [7, 11) is 0. The van der Waals surface area contributed by atoms with Crippen LogP contribution in [0.2, 0.25) is 5.02 Å². The minimum Gasteiger partial charge on any atom is -0.453 e. The molecule has 0 radical (unpaired) electrons. The first-order chi connectivity index (χ1) is 9.78. The first kappa shape index (κ1) is 12.9. The molecule has 4 nitrogen and oxygen atoms in total. The summed E-state index contributed by atoms with van der Waals surface area (Å²) in [6, 6.07) is 9.49. The van der Waals surface area contributed by atoms with Crippen LogP contribution < -0.4 is 5.32 Å². The molecule has 2 aromatic heterocycles. The summed E-state index contributed by atoms with van der Waals surface area (Å²) in [6.45, 7) is 2.98. The maximum atomic E-state index is 6.12. The van der Waals surface area contributed by atoms with Crippen LogP contribution in [0.5, 0.6) is 0 Å². The molecule has 20 heavy (non-hydrogen) atoms. The average Bonchev–Trinajstić information content (AvgIpc) is 2.91. The number of nitrogens with zero attached hydrogens (tertiary/aromatic N) is 2. The van der Waals surface area contributed by atoms with E-state index in [2.05, 4.69) is 22.2 Å². The maximum absolute atomic E-state index is 6.12. The van der Waals surface area contributed by atoms with Crippen LogP contribution in [0, 0.1) is 0 Å². The Hall–Kier alpha value is -2.07. The molecule has 0 amide bonds. The van der Waals surface area contributed by atoms with Gasteiger partial charge in [-0.2, -0.15) is 0 Å². The molecule has 0 spiro atoms. The van der Waals surface area contributed by atoms with Gasteiger partial charge < -0.3 is 9.73 Å². The number of para-hydroxylation sites is 1. The molecule has 0 aliphatic rings. The van der Waals surface area contributed by atoms with E-state index in [-0.39, 0.29) is 0 Å². The van der Waals surface area contributed by atoms with Crippen molar-refractivity contribution in [3.63, 3.8) is 0 Å². The standard InChI is InChI=1S/C15H14ClN3O/c1-2-6-17-14-8-12(18-9-19-14)13-7-10-4-3-5-11(16)15(10)20-13/h3-5,7-9H,2,6H2,1H3,(H,17,18,19). The number of hydrogen-bond donors (Lipinski definition) is 1. The summed E-state index contributed by atoms with van der Waals surface area (Å²) in [5.74, 6) is 1.48. The fourth-order valence-electron chi connectivity index (χ4n) is 2.00. The molecule has 3 aromatic rings. The van der Waals surface area contributed by atoms with E-state index in [1.165, 1.54) is 6.33 Å². The van der Waals surface area contributed by atoms with Gasteiger partial charge in [0, 0.05) is 18.0 Å². The third-order valence-electron chi connectivity index (χ3n) is 2.97. The van der Waals surface area contributed by atoms with Crippen molar-refractivity contribution in [2.24, 2.45) is 0 Å². The van der Waals surface area contributed by atoms with Crippen molar-refractivity contribution >= 4 is 28.4 Å². The van der Waals surface area contributed by atoms with E-state index in [4.69, 9.17) is 16.0 Å². The number of aromatic nitrogens is 2. The maximum Gasteiger partial charge on any atom is 0.154 e.